The van der Waals surface area contributed by atoms with Gasteiger partial charge in [0.25, 0.3) is 0 Å². The number of rotatable bonds is 5. The van der Waals surface area contributed by atoms with Crippen molar-refractivity contribution in [2.24, 2.45) is 23.7 Å². The monoisotopic (exact) mass is 357 g/mol. The van der Waals surface area contributed by atoms with Crippen molar-refractivity contribution in [2.45, 2.75) is 26.3 Å². The molecule has 2 heterocycles. The van der Waals surface area contributed by atoms with Gasteiger partial charge in [-0.25, -0.2) is 4.79 Å². The van der Waals surface area contributed by atoms with Crippen LogP contribution >= 0.6 is 0 Å². The van der Waals surface area contributed by atoms with Gasteiger partial charge in [-0.3, -0.25) is 4.90 Å². The van der Waals surface area contributed by atoms with Crippen molar-refractivity contribution < 1.29 is 14.6 Å². The SMILES string of the molecule is CCc1ccc2oc(=O)cc(CN3C[C@@H]4C[C@H](CO)[C@H](CO)[C@@H]4C3)c2c1. The molecule has 4 rings (SSSR count). The summed E-state index contributed by atoms with van der Waals surface area (Å²) in [5.41, 5.74) is 2.60. The Kier molecular flexibility index (Phi) is 4.86. The van der Waals surface area contributed by atoms with Crippen LogP contribution in [0, 0.1) is 23.7 Å². The molecule has 5 nitrogen and oxygen atoms in total. The number of hydrogen-bond donors (Lipinski definition) is 2. The van der Waals surface area contributed by atoms with Crippen LogP contribution in [0.2, 0.25) is 0 Å². The predicted molar refractivity (Wildman–Crippen MR) is 99.9 cm³/mol. The van der Waals surface area contributed by atoms with Crippen molar-refractivity contribution in [2.75, 3.05) is 26.3 Å². The minimum atomic E-state index is -0.301. The zero-order valence-corrected chi connectivity index (χ0v) is 15.2. The Hall–Kier alpha value is -1.69. The Morgan fingerprint density at radius 1 is 1.19 bits per heavy atom. The van der Waals surface area contributed by atoms with E-state index in [0.29, 0.717) is 17.4 Å². The molecule has 2 N–H and O–H groups in total. The highest BCUT2D eigenvalue weighted by Gasteiger charge is 2.47. The van der Waals surface area contributed by atoms with Crippen LogP contribution in [-0.4, -0.2) is 41.4 Å². The highest BCUT2D eigenvalue weighted by Crippen LogP contribution is 2.45. The van der Waals surface area contributed by atoms with Crippen LogP contribution in [-0.2, 0) is 13.0 Å². The van der Waals surface area contributed by atoms with E-state index in [0.717, 1.165) is 43.4 Å². The van der Waals surface area contributed by atoms with Crippen LogP contribution in [0.4, 0.5) is 0 Å². The summed E-state index contributed by atoms with van der Waals surface area (Å²) in [7, 11) is 0. The first-order chi connectivity index (χ1) is 12.6. The highest BCUT2D eigenvalue weighted by atomic mass is 16.4. The molecule has 4 atom stereocenters. The molecule has 1 aromatic heterocycles. The molecule has 0 radical (unpaired) electrons. The number of hydrogen-bond acceptors (Lipinski definition) is 5. The van der Waals surface area contributed by atoms with Crippen molar-refractivity contribution in [3.05, 3.63) is 45.8 Å². The molecule has 26 heavy (non-hydrogen) atoms. The summed E-state index contributed by atoms with van der Waals surface area (Å²) in [6, 6.07) is 7.65. The largest absolute Gasteiger partial charge is 0.423 e. The zero-order chi connectivity index (χ0) is 18.3. The first-order valence-electron chi connectivity index (χ1n) is 9.62. The van der Waals surface area contributed by atoms with Crippen LogP contribution in [0.15, 0.2) is 33.5 Å². The molecule has 0 unspecified atom stereocenters. The predicted octanol–water partition coefficient (Wildman–Crippen LogP) is 2.02. The molecule has 1 saturated heterocycles. The molecule has 2 aliphatic rings. The molecule has 1 aliphatic heterocycles. The molecule has 2 aromatic rings. The van der Waals surface area contributed by atoms with E-state index in [1.54, 1.807) is 6.07 Å². The number of aryl methyl sites for hydroxylation is 1. The third-order valence-corrected chi connectivity index (χ3v) is 6.47. The normalized spacial score (nSPS) is 28.7. The quantitative estimate of drug-likeness (QED) is 0.801. The zero-order valence-electron chi connectivity index (χ0n) is 15.2. The first kappa shape index (κ1) is 17.7. The van der Waals surface area contributed by atoms with Crippen LogP contribution in [0.1, 0.15) is 24.5 Å². The van der Waals surface area contributed by atoms with E-state index in [9.17, 15) is 15.0 Å². The minimum absolute atomic E-state index is 0.151. The number of nitrogens with zero attached hydrogens (tertiary/aromatic N) is 1. The van der Waals surface area contributed by atoms with Crippen molar-refractivity contribution in [3.8, 4) is 0 Å². The average Bonchev–Trinajstić information content (AvgIpc) is 3.17. The average molecular weight is 357 g/mol. The van der Waals surface area contributed by atoms with Gasteiger partial charge >= 0.3 is 5.63 Å². The Morgan fingerprint density at radius 2 is 2.04 bits per heavy atom. The van der Waals surface area contributed by atoms with Crippen LogP contribution < -0.4 is 5.63 Å². The molecule has 0 bridgehead atoms. The van der Waals surface area contributed by atoms with Gasteiger partial charge in [0, 0.05) is 44.3 Å². The number of likely N-dealkylation sites (tertiary alicyclic amines) is 1. The molecule has 2 fully saturated rings. The maximum Gasteiger partial charge on any atom is 0.336 e. The standard InChI is InChI=1S/C21H27NO4/c1-2-13-3-4-20-17(5-13)15(7-21(25)26-20)9-22-8-14-6-16(11-23)19(12-24)18(14)10-22/h3-5,7,14,16,18-19,23-24H,2,6,8-12H2,1H3/t14-,16+,18+,19-/m0/s1. The fraction of sp³-hybridized carbons (Fsp3) is 0.571. The molecule has 0 spiro atoms. The van der Waals surface area contributed by atoms with E-state index in [2.05, 4.69) is 17.9 Å². The number of aliphatic hydroxyl groups is 2. The third-order valence-electron chi connectivity index (χ3n) is 6.47. The van der Waals surface area contributed by atoms with Crippen molar-refractivity contribution in [1.29, 1.82) is 0 Å². The van der Waals surface area contributed by atoms with Crippen molar-refractivity contribution in [1.82, 2.24) is 4.90 Å². The summed E-state index contributed by atoms with van der Waals surface area (Å²) in [5, 5.41) is 20.3. The second-order valence-corrected chi connectivity index (χ2v) is 7.92. The lowest BCUT2D eigenvalue weighted by atomic mass is 9.89. The summed E-state index contributed by atoms with van der Waals surface area (Å²) in [6.45, 7) is 5.05. The molecule has 1 aromatic carbocycles. The van der Waals surface area contributed by atoms with E-state index < -0.39 is 0 Å². The van der Waals surface area contributed by atoms with Crippen LogP contribution in [0.5, 0.6) is 0 Å². The lowest BCUT2D eigenvalue weighted by Crippen LogP contribution is -2.28. The fourth-order valence-electron chi connectivity index (χ4n) is 5.13. The molecule has 1 aliphatic carbocycles. The van der Waals surface area contributed by atoms with E-state index in [1.165, 1.54) is 5.56 Å². The fourth-order valence-corrected chi connectivity index (χ4v) is 5.13. The van der Waals surface area contributed by atoms with E-state index in [4.69, 9.17) is 4.42 Å². The van der Waals surface area contributed by atoms with Gasteiger partial charge in [-0.15, -0.1) is 0 Å². The third kappa shape index (κ3) is 3.08. The Balaban J connectivity index is 1.58. The Bertz CT molecular complexity index is 846. The molecule has 140 valence electrons. The smallest absolute Gasteiger partial charge is 0.336 e. The minimum Gasteiger partial charge on any atom is -0.423 e. The van der Waals surface area contributed by atoms with E-state index in [-0.39, 0.29) is 30.7 Å². The van der Waals surface area contributed by atoms with Crippen molar-refractivity contribution in [3.63, 3.8) is 0 Å². The van der Waals surface area contributed by atoms with E-state index >= 15 is 0 Å². The van der Waals surface area contributed by atoms with Gasteiger partial charge in [-0.05, 0) is 59.8 Å². The van der Waals surface area contributed by atoms with Crippen molar-refractivity contribution >= 4 is 11.0 Å². The summed E-state index contributed by atoms with van der Waals surface area (Å²) in [4.78, 5) is 14.4. The lowest BCUT2D eigenvalue weighted by Gasteiger charge is -2.23. The van der Waals surface area contributed by atoms with Gasteiger partial charge in [0.2, 0.25) is 0 Å². The maximum atomic E-state index is 12.0. The second-order valence-electron chi connectivity index (χ2n) is 7.92. The molecule has 5 heteroatoms. The number of benzene rings is 1. The van der Waals surface area contributed by atoms with Gasteiger partial charge < -0.3 is 14.6 Å². The molecule has 1 saturated carbocycles. The topological polar surface area (TPSA) is 73.9 Å². The molecule has 0 amide bonds. The lowest BCUT2D eigenvalue weighted by molar-refractivity contribution is 0.111. The first-order valence-corrected chi connectivity index (χ1v) is 9.62. The molecular weight excluding hydrogens is 330 g/mol. The van der Waals surface area contributed by atoms with Gasteiger partial charge in [-0.1, -0.05) is 13.0 Å². The Labute approximate surface area is 153 Å². The summed E-state index contributed by atoms with van der Waals surface area (Å²) in [6.07, 6.45) is 1.93. The van der Waals surface area contributed by atoms with Crippen LogP contribution in [0.3, 0.4) is 0 Å². The van der Waals surface area contributed by atoms with E-state index in [1.807, 2.05) is 12.1 Å². The van der Waals surface area contributed by atoms with Gasteiger partial charge in [0.15, 0.2) is 0 Å². The van der Waals surface area contributed by atoms with Crippen LogP contribution in [0.25, 0.3) is 11.0 Å². The highest BCUT2D eigenvalue weighted by molar-refractivity contribution is 5.80. The van der Waals surface area contributed by atoms with Gasteiger partial charge in [0.05, 0.1) is 0 Å². The molecular formula is C21H27NO4. The van der Waals surface area contributed by atoms with Gasteiger partial charge in [-0.2, -0.15) is 0 Å². The number of fused-ring (bicyclic) bond motifs is 2. The van der Waals surface area contributed by atoms with Gasteiger partial charge in [0.1, 0.15) is 5.58 Å². The second kappa shape index (κ2) is 7.14. The summed E-state index contributed by atoms with van der Waals surface area (Å²) < 4.78 is 5.37. The maximum absolute atomic E-state index is 12.0. The summed E-state index contributed by atoms with van der Waals surface area (Å²) >= 11 is 0. The summed E-state index contributed by atoms with van der Waals surface area (Å²) in [5.74, 6) is 1.39. The number of aliphatic hydroxyl groups excluding tert-OH is 2. The Morgan fingerprint density at radius 3 is 2.77 bits per heavy atom.